The summed E-state index contributed by atoms with van der Waals surface area (Å²) in [7, 11) is -3.85. The maximum atomic E-state index is 12.7. The molecule has 2 aromatic carbocycles. The molecule has 0 spiro atoms. The fourth-order valence-electron chi connectivity index (χ4n) is 3.02. The van der Waals surface area contributed by atoms with E-state index in [4.69, 9.17) is 0 Å². The lowest BCUT2D eigenvalue weighted by Crippen LogP contribution is -2.50. The maximum Gasteiger partial charge on any atom is 0.573 e. The van der Waals surface area contributed by atoms with E-state index in [0.29, 0.717) is 18.8 Å². The Morgan fingerprint density at radius 1 is 0.967 bits per heavy atom. The van der Waals surface area contributed by atoms with Gasteiger partial charge in [-0.05, 0) is 36.4 Å². The number of anilines is 1. The quantitative estimate of drug-likeness (QED) is 0.743. The van der Waals surface area contributed by atoms with Gasteiger partial charge in [0.15, 0.2) is 0 Å². The topological polar surface area (TPSA) is 79.0 Å². The second-order valence-corrected chi connectivity index (χ2v) is 8.55. The number of benzene rings is 2. The molecule has 11 heteroatoms. The fourth-order valence-corrected chi connectivity index (χ4v) is 4.44. The lowest BCUT2D eigenvalue weighted by atomic mass is 10.3. The smallest absolute Gasteiger partial charge is 0.406 e. The van der Waals surface area contributed by atoms with Crippen LogP contribution in [0.15, 0.2) is 59.5 Å². The SMILES string of the molecule is O=C(CN1CCN(S(=O)(=O)c2ccc(OC(F)(F)F)cc2)CC1)Nc1ccccc1. The molecule has 0 unspecified atom stereocenters. The Morgan fingerprint density at radius 2 is 1.57 bits per heavy atom. The molecule has 162 valence electrons. The van der Waals surface area contributed by atoms with Crippen molar-refractivity contribution in [2.45, 2.75) is 11.3 Å². The first-order chi connectivity index (χ1) is 14.1. The predicted octanol–water partition coefficient (Wildman–Crippen LogP) is 2.53. The van der Waals surface area contributed by atoms with E-state index in [9.17, 15) is 26.4 Å². The maximum absolute atomic E-state index is 12.7. The van der Waals surface area contributed by atoms with Crippen LogP contribution in [0.25, 0.3) is 0 Å². The Bertz CT molecular complexity index is 959. The first kappa shape index (κ1) is 22.1. The van der Waals surface area contributed by atoms with E-state index in [1.165, 1.54) is 4.31 Å². The van der Waals surface area contributed by atoms with Crippen LogP contribution < -0.4 is 10.1 Å². The monoisotopic (exact) mass is 443 g/mol. The number of hydrogen-bond donors (Lipinski definition) is 1. The zero-order valence-electron chi connectivity index (χ0n) is 15.8. The van der Waals surface area contributed by atoms with Crippen LogP contribution >= 0.6 is 0 Å². The number of amides is 1. The van der Waals surface area contributed by atoms with Gasteiger partial charge in [-0.3, -0.25) is 9.69 Å². The van der Waals surface area contributed by atoms with Crippen molar-refractivity contribution in [2.75, 3.05) is 38.0 Å². The molecule has 1 saturated heterocycles. The van der Waals surface area contributed by atoms with Crippen LogP contribution in [0.5, 0.6) is 5.75 Å². The van der Waals surface area contributed by atoms with Gasteiger partial charge in [0, 0.05) is 31.9 Å². The first-order valence-corrected chi connectivity index (χ1v) is 10.5. The lowest BCUT2D eigenvalue weighted by molar-refractivity contribution is -0.274. The van der Waals surface area contributed by atoms with Crippen LogP contribution in [0.3, 0.4) is 0 Å². The van der Waals surface area contributed by atoms with Crippen LogP contribution in [-0.4, -0.2) is 62.6 Å². The Morgan fingerprint density at radius 3 is 2.13 bits per heavy atom. The van der Waals surface area contributed by atoms with Crippen molar-refractivity contribution in [3.63, 3.8) is 0 Å². The number of sulfonamides is 1. The molecule has 0 aromatic heterocycles. The van der Waals surface area contributed by atoms with E-state index < -0.39 is 22.1 Å². The molecule has 1 N–H and O–H groups in total. The number of carbonyl (C=O) groups is 1. The molecule has 1 aliphatic rings. The molecule has 30 heavy (non-hydrogen) atoms. The molecule has 3 rings (SSSR count). The third-order valence-corrected chi connectivity index (χ3v) is 6.36. The summed E-state index contributed by atoms with van der Waals surface area (Å²) in [5, 5.41) is 2.77. The minimum atomic E-state index is -4.84. The van der Waals surface area contributed by atoms with Crippen LogP contribution in [0, 0.1) is 0 Å². The number of halogens is 3. The third-order valence-electron chi connectivity index (χ3n) is 4.45. The minimum absolute atomic E-state index is 0.118. The van der Waals surface area contributed by atoms with Crippen molar-refractivity contribution in [3.8, 4) is 5.75 Å². The molecule has 1 heterocycles. The van der Waals surface area contributed by atoms with Gasteiger partial charge in [0.1, 0.15) is 5.75 Å². The van der Waals surface area contributed by atoms with Crippen molar-refractivity contribution in [2.24, 2.45) is 0 Å². The number of para-hydroxylation sites is 1. The summed E-state index contributed by atoms with van der Waals surface area (Å²) in [5.74, 6) is -0.687. The van der Waals surface area contributed by atoms with Crippen molar-refractivity contribution in [3.05, 3.63) is 54.6 Å². The van der Waals surface area contributed by atoms with Crippen molar-refractivity contribution < 1.29 is 31.1 Å². The van der Waals surface area contributed by atoms with E-state index in [0.717, 1.165) is 24.3 Å². The van der Waals surface area contributed by atoms with Crippen molar-refractivity contribution in [1.82, 2.24) is 9.21 Å². The number of hydrogen-bond acceptors (Lipinski definition) is 5. The fraction of sp³-hybridized carbons (Fsp3) is 0.316. The molecule has 2 aromatic rings. The summed E-state index contributed by atoms with van der Waals surface area (Å²) in [5.41, 5.74) is 0.682. The summed E-state index contributed by atoms with van der Waals surface area (Å²) in [6.45, 7) is 1.18. The number of piperazine rings is 1. The highest BCUT2D eigenvalue weighted by atomic mass is 32.2. The lowest BCUT2D eigenvalue weighted by Gasteiger charge is -2.33. The van der Waals surface area contributed by atoms with Crippen molar-refractivity contribution in [1.29, 1.82) is 0 Å². The van der Waals surface area contributed by atoms with E-state index in [1.807, 2.05) is 11.0 Å². The predicted molar refractivity (Wildman–Crippen MR) is 103 cm³/mol. The number of alkyl halides is 3. The van der Waals surface area contributed by atoms with Gasteiger partial charge in [-0.1, -0.05) is 18.2 Å². The van der Waals surface area contributed by atoms with Gasteiger partial charge >= 0.3 is 6.36 Å². The summed E-state index contributed by atoms with van der Waals surface area (Å²) < 4.78 is 67.1. The highest BCUT2D eigenvalue weighted by molar-refractivity contribution is 7.89. The van der Waals surface area contributed by atoms with E-state index in [-0.39, 0.29) is 30.4 Å². The molecule has 1 amide bonds. The van der Waals surface area contributed by atoms with E-state index in [1.54, 1.807) is 24.3 Å². The average molecular weight is 443 g/mol. The van der Waals surface area contributed by atoms with Gasteiger partial charge in [0.2, 0.25) is 15.9 Å². The Labute approximate surface area is 172 Å². The van der Waals surface area contributed by atoms with Gasteiger partial charge in [0.25, 0.3) is 0 Å². The number of rotatable bonds is 6. The second-order valence-electron chi connectivity index (χ2n) is 6.61. The molecule has 7 nitrogen and oxygen atoms in total. The second kappa shape index (κ2) is 9.02. The number of nitrogens with zero attached hydrogens (tertiary/aromatic N) is 2. The molecule has 1 aliphatic heterocycles. The first-order valence-electron chi connectivity index (χ1n) is 9.07. The number of ether oxygens (including phenoxy) is 1. The van der Waals surface area contributed by atoms with Crippen LogP contribution in [0.2, 0.25) is 0 Å². The van der Waals surface area contributed by atoms with Crippen LogP contribution in [-0.2, 0) is 14.8 Å². The van der Waals surface area contributed by atoms with Gasteiger partial charge in [-0.15, -0.1) is 13.2 Å². The van der Waals surface area contributed by atoms with Gasteiger partial charge < -0.3 is 10.1 Å². The summed E-state index contributed by atoms with van der Waals surface area (Å²) in [4.78, 5) is 13.9. The highest BCUT2D eigenvalue weighted by Gasteiger charge is 2.32. The van der Waals surface area contributed by atoms with Crippen molar-refractivity contribution >= 4 is 21.6 Å². The molecular formula is C19H20F3N3O4S. The molecular weight excluding hydrogens is 423 g/mol. The molecule has 1 fully saturated rings. The number of carbonyl (C=O) groups excluding carboxylic acids is 1. The summed E-state index contributed by atoms with van der Waals surface area (Å²) in [6, 6.07) is 13.1. The Balaban J connectivity index is 1.54. The zero-order chi connectivity index (χ0) is 21.8. The summed E-state index contributed by atoms with van der Waals surface area (Å²) >= 11 is 0. The van der Waals surface area contributed by atoms with Gasteiger partial charge in [-0.25, -0.2) is 8.42 Å². The van der Waals surface area contributed by atoms with E-state index >= 15 is 0 Å². The number of nitrogens with one attached hydrogen (secondary N) is 1. The Hall–Kier alpha value is -2.63. The molecule has 0 atom stereocenters. The molecule has 0 radical (unpaired) electrons. The molecule has 0 aliphatic carbocycles. The Kier molecular flexibility index (Phi) is 6.64. The third kappa shape index (κ3) is 5.94. The van der Waals surface area contributed by atoms with Crippen LogP contribution in [0.1, 0.15) is 0 Å². The van der Waals surface area contributed by atoms with Gasteiger partial charge in [0.05, 0.1) is 11.4 Å². The molecule has 0 bridgehead atoms. The zero-order valence-corrected chi connectivity index (χ0v) is 16.6. The standard InChI is InChI=1S/C19H20F3N3O4S/c20-19(21,22)29-16-6-8-17(9-7-16)30(27,28)25-12-10-24(11-13-25)14-18(26)23-15-4-2-1-3-5-15/h1-9H,10-14H2,(H,23,26). The van der Waals surface area contributed by atoms with Crippen LogP contribution in [0.4, 0.5) is 18.9 Å². The molecule has 0 saturated carbocycles. The highest BCUT2D eigenvalue weighted by Crippen LogP contribution is 2.25. The summed E-state index contributed by atoms with van der Waals surface area (Å²) in [6.07, 6.45) is -4.84. The largest absolute Gasteiger partial charge is 0.573 e. The van der Waals surface area contributed by atoms with Gasteiger partial charge in [-0.2, -0.15) is 4.31 Å². The minimum Gasteiger partial charge on any atom is -0.406 e. The normalized spacial score (nSPS) is 16.2. The van der Waals surface area contributed by atoms with E-state index in [2.05, 4.69) is 10.1 Å². The average Bonchev–Trinajstić information content (AvgIpc) is 2.68.